The molecule has 9 heteroatoms. The van der Waals surface area contributed by atoms with Crippen molar-refractivity contribution in [2.75, 3.05) is 10.8 Å². The van der Waals surface area contributed by atoms with Crippen LogP contribution >= 0.6 is 0 Å². The third-order valence-electron chi connectivity index (χ3n) is 8.00. The minimum atomic E-state index is -3.76. The highest BCUT2D eigenvalue weighted by Crippen LogP contribution is 2.42. The van der Waals surface area contributed by atoms with Crippen molar-refractivity contribution in [2.24, 2.45) is 0 Å². The van der Waals surface area contributed by atoms with Gasteiger partial charge in [-0.25, -0.2) is 12.8 Å². The van der Waals surface area contributed by atoms with E-state index >= 15 is 0 Å². The van der Waals surface area contributed by atoms with Gasteiger partial charge in [-0.05, 0) is 48.9 Å². The number of benzene rings is 4. The van der Waals surface area contributed by atoms with Gasteiger partial charge in [0.25, 0.3) is 10.0 Å². The summed E-state index contributed by atoms with van der Waals surface area (Å²) in [5, 5.41) is 4.52. The van der Waals surface area contributed by atoms with Crippen LogP contribution in [0.4, 0.5) is 10.1 Å². The van der Waals surface area contributed by atoms with E-state index in [2.05, 4.69) is 5.32 Å². The smallest absolute Gasteiger partial charge is 0.265 e. The predicted octanol–water partition coefficient (Wildman–Crippen LogP) is 5.82. The normalized spacial score (nSPS) is 14.8. The Hall–Kier alpha value is -4.24. The lowest BCUT2D eigenvalue weighted by Crippen LogP contribution is -2.52. The van der Waals surface area contributed by atoms with E-state index in [1.54, 1.807) is 36.4 Å². The topological polar surface area (TPSA) is 86.8 Å². The molecule has 1 aliphatic heterocycles. The summed E-state index contributed by atoms with van der Waals surface area (Å²) in [4.78, 5) is 29.3. The van der Waals surface area contributed by atoms with Crippen LogP contribution < -0.4 is 9.62 Å². The van der Waals surface area contributed by atoms with Crippen LogP contribution in [0.25, 0.3) is 10.8 Å². The fraction of sp³-hybridized carbons (Fsp3) is 0.294. The molecule has 4 aromatic carbocycles. The number of rotatable bonds is 12. The second-order valence-electron chi connectivity index (χ2n) is 10.9. The number of amides is 2. The van der Waals surface area contributed by atoms with Crippen LogP contribution in [0.15, 0.2) is 95.9 Å². The monoisotopic (exact) mass is 601 g/mol. The van der Waals surface area contributed by atoms with Crippen LogP contribution in [0.5, 0.6) is 0 Å². The lowest BCUT2D eigenvalue weighted by Gasteiger charge is -2.32. The predicted molar refractivity (Wildman–Crippen MR) is 166 cm³/mol. The molecule has 7 nitrogen and oxygen atoms in total. The molecule has 1 heterocycles. The van der Waals surface area contributed by atoms with Gasteiger partial charge >= 0.3 is 0 Å². The third-order valence-corrected chi connectivity index (χ3v) is 9.86. The average Bonchev–Trinajstić information content (AvgIpc) is 3.23. The zero-order valence-corrected chi connectivity index (χ0v) is 25.2. The first-order valence-corrected chi connectivity index (χ1v) is 16.1. The standard InChI is InChI=1S/C34H36FN3O4S/c1-3-24(2)36-34(40)30(22-25-12-5-4-6-13-25)37(23-27-14-7-8-17-28(27)35)32(39)20-11-21-38-29-18-9-15-26-16-10-19-31(33(26)29)43(38,41)42/h4-10,12-19,24,30H,3,11,20-23H2,1-2H3,(H,36,40). The summed E-state index contributed by atoms with van der Waals surface area (Å²) < 4.78 is 43.0. The van der Waals surface area contributed by atoms with Gasteiger partial charge in [0.15, 0.2) is 0 Å². The first-order valence-electron chi connectivity index (χ1n) is 14.6. The molecule has 1 N–H and O–H groups in total. The van der Waals surface area contributed by atoms with Crippen LogP contribution in [0.2, 0.25) is 0 Å². The summed E-state index contributed by atoms with van der Waals surface area (Å²) in [6.45, 7) is 3.86. The van der Waals surface area contributed by atoms with Crippen molar-refractivity contribution in [3.8, 4) is 0 Å². The van der Waals surface area contributed by atoms with Crippen molar-refractivity contribution in [3.05, 3.63) is 108 Å². The molecule has 5 rings (SSSR count). The summed E-state index contributed by atoms with van der Waals surface area (Å²) in [6.07, 6.45) is 1.17. The van der Waals surface area contributed by atoms with Gasteiger partial charge in [-0.3, -0.25) is 13.9 Å². The van der Waals surface area contributed by atoms with Gasteiger partial charge in [0.2, 0.25) is 11.8 Å². The number of hydrogen-bond donors (Lipinski definition) is 1. The van der Waals surface area contributed by atoms with Crippen molar-refractivity contribution < 1.29 is 22.4 Å². The molecule has 2 atom stereocenters. The zero-order valence-electron chi connectivity index (χ0n) is 24.4. The van der Waals surface area contributed by atoms with E-state index < -0.39 is 21.9 Å². The third kappa shape index (κ3) is 6.41. The van der Waals surface area contributed by atoms with E-state index in [1.807, 2.05) is 62.4 Å². The molecule has 0 bridgehead atoms. The maximum absolute atomic E-state index is 14.8. The molecule has 0 radical (unpaired) electrons. The molecular weight excluding hydrogens is 565 g/mol. The molecule has 43 heavy (non-hydrogen) atoms. The Labute approximate surface area is 252 Å². The van der Waals surface area contributed by atoms with Crippen LogP contribution in [0, 0.1) is 5.82 Å². The molecule has 0 aromatic heterocycles. The van der Waals surface area contributed by atoms with Crippen molar-refractivity contribution in [3.63, 3.8) is 0 Å². The number of carbonyl (C=O) groups excluding carboxylic acids is 2. The molecule has 0 saturated carbocycles. The summed E-state index contributed by atoms with van der Waals surface area (Å²) in [7, 11) is -3.76. The molecule has 0 spiro atoms. The molecule has 0 aliphatic carbocycles. The number of nitrogens with one attached hydrogen (secondary N) is 1. The van der Waals surface area contributed by atoms with Crippen LogP contribution in [0.3, 0.4) is 0 Å². The molecule has 1 aliphatic rings. The maximum Gasteiger partial charge on any atom is 0.265 e. The quantitative estimate of drug-likeness (QED) is 0.222. The van der Waals surface area contributed by atoms with Gasteiger partial charge in [-0.1, -0.05) is 79.7 Å². The number of hydrogen-bond acceptors (Lipinski definition) is 4. The van der Waals surface area contributed by atoms with E-state index in [1.165, 1.54) is 15.3 Å². The van der Waals surface area contributed by atoms with E-state index in [4.69, 9.17) is 0 Å². The number of anilines is 1. The Bertz CT molecular complexity index is 1720. The van der Waals surface area contributed by atoms with E-state index in [0.29, 0.717) is 23.1 Å². The molecule has 0 fully saturated rings. The minimum Gasteiger partial charge on any atom is -0.352 e. The fourth-order valence-corrected chi connectivity index (χ4v) is 7.27. The SMILES string of the molecule is CCC(C)NC(=O)C(Cc1ccccc1)N(Cc1ccccc1F)C(=O)CCCN1c2cccc3cccc(c23)S1(=O)=O. The van der Waals surface area contributed by atoms with Gasteiger partial charge in [-0.2, -0.15) is 0 Å². The van der Waals surface area contributed by atoms with Crippen LogP contribution in [-0.2, 0) is 32.6 Å². The van der Waals surface area contributed by atoms with Gasteiger partial charge < -0.3 is 10.2 Å². The second kappa shape index (κ2) is 13.0. The zero-order chi connectivity index (χ0) is 30.6. The maximum atomic E-state index is 14.8. The Balaban J connectivity index is 1.41. The van der Waals surface area contributed by atoms with Crippen molar-refractivity contribution in [1.29, 1.82) is 0 Å². The highest BCUT2D eigenvalue weighted by Gasteiger charge is 2.36. The van der Waals surface area contributed by atoms with Crippen LogP contribution in [0.1, 0.15) is 44.2 Å². The Morgan fingerprint density at radius 3 is 2.35 bits per heavy atom. The number of halogens is 1. The van der Waals surface area contributed by atoms with Gasteiger partial charge in [0.1, 0.15) is 11.9 Å². The molecule has 4 aromatic rings. The van der Waals surface area contributed by atoms with Crippen molar-refractivity contribution in [2.45, 2.75) is 63.1 Å². The Morgan fingerprint density at radius 2 is 1.63 bits per heavy atom. The van der Waals surface area contributed by atoms with E-state index in [9.17, 15) is 22.4 Å². The first-order chi connectivity index (χ1) is 20.7. The number of sulfonamides is 1. The molecule has 0 saturated heterocycles. The minimum absolute atomic E-state index is 0.0192. The van der Waals surface area contributed by atoms with Gasteiger partial charge in [0, 0.05) is 42.9 Å². The van der Waals surface area contributed by atoms with Crippen LogP contribution in [-0.4, -0.2) is 43.8 Å². The van der Waals surface area contributed by atoms with Gasteiger partial charge in [0.05, 0.1) is 10.6 Å². The largest absolute Gasteiger partial charge is 0.352 e. The van der Waals surface area contributed by atoms with E-state index in [-0.39, 0.29) is 55.1 Å². The lowest BCUT2D eigenvalue weighted by atomic mass is 10.0. The Kier molecular flexibility index (Phi) is 9.11. The highest BCUT2D eigenvalue weighted by atomic mass is 32.2. The van der Waals surface area contributed by atoms with E-state index in [0.717, 1.165) is 10.9 Å². The highest BCUT2D eigenvalue weighted by molar-refractivity contribution is 7.93. The average molecular weight is 602 g/mol. The number of carbonyl (C=O) groups is 2. The molecule has 2 unspecified atom stereocenters. The summed E-state index contributed by atoms with van der Waals surface area (Å²) >= 11 is 0. The summed E-state index contributed by atoms with van der Waals surface area (Å²) in [5.74, 6) is -1.13. The lowest BCUT2D eigenvalue weighted by molar-refractivity contribution is -0.141. The van der Waals surface area contributed by atoms with Gasteiger partial charge in [-0.15, -0.1) is 0 Å². The fourth-order valence-electron chi connectivity index (χ4n) is 5.52. The second-order valence-corrected chi connectivity index (χ2v) is 12.8. The first kappa shape index (κ1) is 30.2. The summed E-state index contributed by atoms with van der Waals surface area (Å²) in [6, 6.07) is 25.3. The molecule has 224 valence electrons. The Morgan fingerprint density at radius 1 is 0.930 bits per heavy atom. The molecule has 2 amide bonds. The van der Waals surface area contributed by atoms with Crippen molar-refractivity contribution >= 4 is 38.3 Å². The summed E-state index contributed by atoms with van der Waals surface area (Å²) in [5.41, 5.74) is 1.76. The number of nitrogens with zero attached hydrogens (tertiary/aromatic N) is 2. The van der Waals surface area contributed by atoms with Crippen molar-refractivity contribution in [1.82, 2.24) is 10.2 Å². The molecular formula is C34H36FN3O4S.